The lowest BCUT2D eigenvalue weighted by molar-refractivity contribution is -0.143. The van der Waals surface area contributed by atoms with Gasteiger partial charge in [-0.1, -0.05) is 19.3 Å². The van der Waals surface area contributed by atoms with Gasteiger partial charge in [-0.05, 0) is 12.8 Å². The second kappa shape index (κ2) is 6.40. The molecule has 0 atom stereocenters. The highest BCUT2D eigenvalue weighted by Crippen LogP contribution is 2.17. The van der Waals surface area contributed by atoms with Crippen molar-refractivity contribution in [1.82, 2.24) is 5.32 Å². The minimum atomic E-state index is -1.06. The van der Waals surface area contributed by atoms with Crippen LogP contribution in [0.2, 0.25) is 0 Å². The van der Waals surface area contributed by atoms with Gasteiger partial charge in [-0.15, -0.1) is 0 Å². The Kier molecular flexibility index (Phi) is 5.10. The summed E-state index contributed by atoms with van der Waals surface area (Å²) < 4.78 is 4.69. The summed E-state index contributed by atoms with van der Waals surface area (Å²) in [5.41, 5.74) is 0. The van der Waals surface area contributed by atoms with E-state index in [-0.39, 0.29) is 18.6 Å². The lowest BCUT2D eigenvalue weighted by Crippen LogP contribution is -2.38. The van der Waals surface area contributed by atoms with E-state index < -0.39 is 12.6 Å². The molecule has 1 rings (SSSR count). The number of carbonyl (C=O) groups is 2. The number of hydrogen-bond donors (Lipinski definition) is 2. The van der Waals surface area contributed by atoms with Crippen LogP contribution in [0.5, 0.6) is 0 Å². The van der Waals surface area contributed by atoms with Gasteiger partial charge < -0.3 is 15.2 Å². The fourth-order valence-corrected chi connectivity index (χ4v) is 1.75. The molecule has 5 heteroatoms. The SMILES string of the molecule is O=C(O)COCC(=O)NC1CCCCC1. The van der Waals surface area contributed by atoms with Crippen molar-refractivity contribution in [3.63, 3.8) is 0 Å². The smallest absolute Gasteiger partial charge is 0.329 e. The Morgan fingerprint density at radius 3 is 2.47 bits per heavy atom. The molecule has 2 N–H and O–H groups in total. The monoisotopic (exact) mass is 215 g/mol. The van der Waals surface area contributed by atoms with Crippen LogP contribution in [0, 0.1) is 0 Å². The minimum absolute atomic E-state index is 0.164. The summed E-state index contributed by atoms with van der Waals surface area (Å²) in [6.45, 7) is -0.582. The van der Waals surface area contributed by atoms with E-state index in [1.54, 1.807) is 0 Å². The van der Waals surface area contributed by atoms with Gasteiger partial charge in [0.2, 0.25) is 5.91 Å². The van der Waals surface area contributed by atoms with Gasteiger partial charge in [-0.3, -0.25) is 4.79 Å². The van der Waals surface area contributed by atoms with E-state index in [1.807, 2.05) is 0 Å². The summed E-state index contributed by atoms with van der Waals surface area (Å²) in [7, 11) is 0. The summed E-state index contributed by atoms with van der Waals surface area (Å²) in [5, 5.41) is 11.1. The molecule has 0 unspecified atom stereocenters. The Morgan fingerprint density at radius 2 is 1.87 bits per heavy atom. The third-order valence-corrected chi connectivity index (χ3v) is 2.43. The van der Waals surface area contributed by atoms with E-state index in [0.717, 1.165) is 25.7 Å². The second-order valence-electron chi connectivity index (χ2n) is 3.79. The third-order valence-electron chi connectivity index (χ3n) is 2.43. The van der Waals surface area contributed by atoms with Gasteiger partial charge in [-0.2, -0.15) is 0 Å². The predicted molar refractivity (Wildman–Crippen MR) is 53.5 cm³/mol. The van der Waals surface area contributed by atoms with Gasteiger partial charge in [-0.25, -0.2) is 4.79 Å². The molecule has 86 valence electrons. The van der Waals surface area contributed by atoms with E-state index in [0.29, 0.717) is 0 Å². The van der Waals surface area contributed by atoms with Gasteiger partial charge in [0.25, 0.3) is 0 Å². The maximum absolute atomic E-state index is 11.3. The molecule has 0 bridgehead atoms. The Labute approximate surface area is 88.8 Å². The Bertz CT molecular complexity index is 223. The van der Waals surface area contributed by atoms with Crippen LogP contribution in [0.3, 0.4) is 0 Å². The predicted octanol–water partition coefficient (Wildman–Crippen LogP) is 0.536. The Morgan fingerprint density at radius 1 is 1.20 bits per heavy atom. The molecule has 5 nitrogen and oxygen atoms in total. The van der Waals surface area contributed by atoms with E-state index in [2.05, 4.69) is 10.1 Å². The maximum atomic E-state index is 11.3. The maximum Gasteiger partial charge on any atom is 0.329 e. The molecule has 15 heavy (non-hydrogen) atoms. The highest BCUT2D eigenvalue weighted by atomic mass is 16.5. The van der Waals surface area contributed by atoms with Crippen LogP contribution in [0.15, 0.2) is 0 Å². The highest BCUT2D eigenvalue weighted by Gasteiger charge is 2.15. The molecule has 0 saturated heterocycles. The molecule has 0 aliphatic heterocycles. The van der Waals surface area contributed by atoms with Crippen molar-refractivity contribution in [3.8, 4) is 0 Å². The zero-order valence-corrected chi connectivity index (χ0v) is 8.70. The van der Waals surface area contributed by atoms with Crippen molar-refractivity contribution in [2.24, 2.45) is 0 Å². The molecule has 1 fully saturated rings. The van der Waals surface area contributed by atoms with Crippen LogP contribution >= 0.6 is 0 Å². The van der Waals surface area contributed by atoms with Crippen molar-refractivity contribution in [2.75, 3.05) is 13.2 Å². The summed E-state index contributed by atoms with van der Waals surface area (Å²) in [5.74, 6) is -1.27. The van der Waals surface area contributed by atoms with Crippen LogP contribution < -0.4 is 5.32 Å². The third kappa shape index (κ3) is 5.37. The fourth-order valence-electron chi connectivity index (χ4n) is 1.75. The van der Waals surface area contributed by atoms with Gasteiger partial charge in [0.15, 0.2) is 0 Å². The quantitative estimate of drug-likeness (QED) is 0.701. The number of amides is 1. The van der Waals surface area contributed by atoms with Crippen molar-refractivity contribution >= 4 is 11.9 Å². The number of carbonyl (C=O) groups excluding carboxylic acids is 1. The van der Waals surface area contributed by atoms with Crippen LogP contribution in [0.1, 0.15) is 32.1 Å². The number of aliphatic carboxylic acids is 1. The number of carboxylic acid groups (broad SMARTS) is 1. The molecule has 0 spiro atoms. The van der Waals surface area contributed by atoms with E-state index in [9.17, 15) is 9.59 Å². The first-order chi connectivity index (χ1) is 7.18. The lowest BCUT2D eigenvalue weighted by Gasteiger charge is -2.22. The zero-order chi connectivity index (χ0) is 11.1. The van der Waals surface area contributed by atoms with E-state index >= 15 is 0 Å². The molecule has 1 aliphatic rings. The van der Waals surface area contributed by atoms with Crippen LogP contribution in [0.25, 0.3) is 0 Å². The normalized spacial score (nSPS) is 17.3. The van der Waals surface area contributed by atoms with Crippen LogP contribution in [-0.2, 0) is 14.3 Å². The number of hydrogen-bond acceptors (Lipinski definition) is 3. The zero-order valence-electron chi connectivity index (χ0n) is 8.70. The number of rotatable bonds is 5. The van der Waals surface area contributed by atoms with Gasteiger partial charge in [0, 0.05) is 6.04 Å². The molecular formula is C10H17NO4. The Hall–Kier alpha value is -1.10. The van der Waals surface area contributed by atoms with E-state index in [1.165, 1.54) is 6.42 Å². The second-order valence-corrected chi connectivity index (χ2v) is 3.79. The standard InChI is InChI=1S/C10H17NO4/c12-9(6-15-7-10(13)14)11-8-4-2-1-3-5-8/h8H,1-7H2,(H,11,12)(H,13,14). The van der Waals surface area contributed by atoms with Gasteiger partial charge in [0.1, 0.15) is 13.2 Å². The molecule has 0 aromatic heterocycles. The molecule has 1 saturated carbocycles. The van der Waals surface area contributed by atoms with Crippen LogP contribution in [0.4, 0.5) is 0 Å². The molecule has 0 radical (unpaired) electrons. The first kappa shape index (κ1) is 12.0. The van der Waals surface area contributed by atoms with E-state index in [4.69, 9.17) is 5.11 Å². The first-order valence-electron chi connectivity index (χ1n) is 5.27. The average molecular weight is 215 g/mol. The summed E-state index contributed by atoms with van der Waals surface area (Å²) in [6.07, 6.45) is 5.58. The molecular weight excluding hydrogens is 198 g/mol. The largest absolute Gasteiger partial charge is 0.480 e. The topological polar surface area (TPSA) is 75.6 Å². The summed E-state index contributed by atoms with van der Waals surface area (Å²) in [4.78, 5) is 21.4. The molecule has 1 amide bonds. The number of nitrogens with one attached hydrogen (secondary N) is 1. The number of carboxylic acids is 1. The van der Waals surface area contributed by atoms with Gasteiger partial charge >= 0.3 is 5.97 Å². The van der Waals surface area contributed by atoms with Crippen molar-refractivity contribution in [2.45, 2.75) is 38.1 Å². The lowest BCUT2D eigenvalue weighted by atomic mass is 9.95. The van der Waals surface area contributed by atoms with Crippen molar-refractivity contribution in [3.05, 3.63) is 0 Å². The molecule has 1 aliphatic carbocycles. The average Bonchev–Trinajstić information content (AvgIpc) is 2.18. The van der Waals surface area contributed by atoms with Crippen LogP contribution in [-0.4, -0.2) is 36.2 Å². The fraction of sp³-hybridized carbons (Fsp3) is 0.800. The van der Waals surface area contributed by atoms with Gasteiger partial charge in [0.05, 0.1) is 0 Å². The number of ether oxygens (including phenoxy) is 1. The van der Waals surface area contributed by atoms with Crippen molar-refractivity contribution < 1.29 is 19.4 Å². The molecule has 0 heterocycles. The summed E-state index contributed by atoms with van der Waals surface area (Å²) >= 11 is 0. The first-order valence-corrected chi connectivity index (χ1v) is 5.27. The molecule has 0 aromatic rings. The molecule has 0 aromatic carbocycles. The Balaban J connectivity index is 2.09. The minimum Gasteiger partial charge on any atom is -0.480 e. The highest BCUT2D eigenvalue weighted by molar-refractivity contribution is 5.78. The van der Waals surface area contributed by atoms with Crippen molar-refractivity contribution in [1.29, 1.82) is 0 Å². The summed E-state index contributed by atoms with van der Waals surface area (Å²) in [6, 6.07) is 0.250.